The van der Waals surface area contributed by atoms with Gasteiger partial charge in [-0.25, -0.2) is 0 Å². The third-order valence-corrected chi connectivity index (χ3v) is 3.80. The molecule has 94 valence electrons. The Hall–Kier alpha value is -1.02. The van der Waals surface area contributed by atoms with E-state index in [0.717, 1.165) is 12.5 Å². The molecular weight excluding hydrogens is 208 g/mol. The third kappa shape index (κ3) is 3.01. The molecule has 2 N–H and O–H groups in total. The Morgan fingerprint density at radius 3 is 2.29 bits per heavy atom. The Labute approximate surface area is 105 Å². The molecule has 1 aromatic rings. The highest BCUT2D eigenvalue weighted by Gasteiger charge is 2.26. The van der Waals surface area contributed by atoms with Crippen LogP contribution in [0.1, 0.15) is 38.2 Å². The Morgan fingerprint density at radius 1 is 1.24 bits per heavy atom. The van der Waals surface area contributed by atoms with Crippen molar-refractivity contribution in [1.29, 1.82) is 0 Å². The number of rotatable bonds is 4. The van der Waals surface area contributed by atoms with Gasteiger partial charge in [-0.1, -0.05) is 26.0 Å². The molecule has 0 unspecified atom stereocenters. The summed E-state index contributed by atoms with van der Waals surface area (Å²) in [4.78, 5) is 2.35. The quantitative estimate of drug-likeness (QED) is 0.864. The lowest BCUT2D eigenvalue weighted by Crippen LogP contribution is -2.41. The zero-order valence-corrected chi connectivity index (χ0v) is 11.2. The third-order valence-electron chi connectivity index (χ3n) is 3.80. The van der Waals surface area contributed by atoms with Gasteiger partial charge in [0.15, 0.2) is 0 Å². The predicted molar refractivity (Wildman–Crippen MR) is 74.5 cm³/mol. The van der Waals surface area contributed by atoms with E-state index in [2.05, 4.69) is 50.1 Å². The van der Waals surface area contributed by atoms with Gasteiger partial charge in [-0.2, -0.15) is 0 Å². The van der Waals surface area contributed by atoms with E-state index in [-0.39, 0.29) is 0 Å². The van der Waals surface area contributed by atoms with E-state index in [1.807, 2.05) is 0 Å². The summed E-state index contributed by atoms with van der Waals surface area (Å²) in [6, 6.07) is 9.39. The minimum atomic E-state index is 0.455. The first-order valence-electron chi connectivity index (χ1n) is 6.63. The Morgan fingerprint density at radius 2 is 1.82 bits per heavy atom. The molecule has 17 heavy (non-hydrogen) atoms. The highest BCUT2D eigenvalue weighted by atomic mass is 15.1. The fraction of sp³-hybridized carbons (Fsp3) is 0.600. The van der Waals surface area contributed by atoms with Gasteiger partial charge in [-0.05, 0) is 42.4 Å². The van der Waals surface area contributed by atoms with Gasteiger partial charge in [0.05, 0.1) is 0 Å². The van der Waals surface area contributed by atoms with Crippen molar-refractivity contribution < 1.29 is 0 Å². The Bertz CT molecular complexity index is 350. The molecule has 2 heteroatoms. The van der Waals surface area contributed by atoms with E-state index in [4.69, 9.17) is 5.73 Å². The smallest absolute Gasteiger partial charge is 0.0363 e. The molecule has 0 heterocycles. The van der Waals surface area contributed by atoms with Gasteiger partial charge >= 0.3 is 0 Å². The average molecular weight is 232 g/mol. The molecule has 1 aliphatic carbocycles. The van der Waals surface area contributed by atoms with Crippen molar-refractivity contribution in [2.75, 3.05) is 18.5 Å². The van der Waals surface area contributed by atoms with E-state index in [1.165, 1.54) is 24.1 Å². The summed E-state index contributed by atoms with van der Waals surface area (Å²) in [6.07, 6.45) is 2.38. The summed E-state index contributed by atoms with van der Waals surface area (Å²) in [7, 11) is 2.17. The predicted octanol–water partition coefficient (Wildman–Crippen LogP) is 2.98. The number of anilines is 1. The lowest BCUT2D eigenvalue weighted by molar-refractivity contribution is 0.271. The Kier molecular flexibility index (Phi) is 3.72. The van der Waals surface area contributed by atoms with E-state index >= 15 is 0 Å². The fourth-order valence-electron chi connectivity index (χ4n) is 2.54. The van der Waals surface area contributed by atoms with E-state index in [1.54, 1.807) is 0 Å². The number of hydrogen-bond donors (Lipinski definition) is 1. The van der Waals surface area contributed by atoms with Gasteiger partial charge in [0.1, 0.15) is 0 Å². The maximum atomic E-state index is 5.82. The molecule has 0 amide bonds. The zero-order chi connectivity index (χ0) is 12.4. The molecule has 1 fully saturated rings. The highest BCUT2D eigenvalue weighted by molar-refractivity contribution is 5.47. The molecule has 0 atom stereocenters. The molecule has 0 saturated heterocycles. The standard InChI is InChI=1S/C15H24N2/c1-11(2)13-4-6-15(7-5-13)17(3)10-12-8-14(16)9-12/h4-7,11-12,14H,8-10,16H2,1-3H3. The first kappa shape index (κ1) is 12.4. The van der Waals surface area contributed by atoms with Gasteiger partial charge in [0, 0.05) is 25.3 Å². The molecular formula is C15H24N2. The lowest BCUT2D eigenvalue weighted by atomic mass is 9.80. The number of nitrogens with zero attached hydrogens (tertiary/aromatic N) is 1. The molecule has 1 saturated carbocycles. The molecule has 1 aliphatic rings. The van der Waals surface area contributed by atoms with Crippen LogP contribution in [0.5, 0.6) is 0 Å². The van der Waals surface area contributed by atoms with Gasteiger partial charge in [-0.3, -0.25) is 0 Å². The van der Waals surface area contributed by atoms with Crippen LogP contribution >= 0.6 is 0 Å². The molecule has 0 spiro atoms. The number of hydrogen-bond acceptors (Lipinski definition) is 2. The van der Waals surface area contributed by atoms with Crippen molar-refractivity contribution in [3.05, 3.63) is 29.8 Å². The van der Waals surface area contributed by atoms with Crippen LogP contribution in [0.25, 0.3) is 0 Å². The molecule has 0 aliphatic heterocycles. The zero-order valence-electron chi connectivity index (χ0n) is 11.2. The second-order valence-electron chi connectivity index (χ2n) is 5.72. The van der Waals surface area contributed by atoms with Crippen molar-refractivity contribution in [3.63, 3.8) is 0 Å². The van der Waals surface area contributed by atoms with E-state index < -0.39 is 0 Å². The first-order valence-corrected chi connectivity index (χ1v) is 6.63. The summed E-state index contributed by atoms with van der Waals surface area (Å²) >= 11 is 0. The van der Waals surface area contributed by atoms with Crippen molar-refractivity contribution in [1.82, 2.24) is 0 Å². The lowest BCUT2D eigenvalue weighted by Gasteiger charge is -2.36. The van der Waals surface area contributed by atoms with Gasteiger partial charge in [0.25, 0.3) is 0 Å². The van der Waals surface area contributed by atoms with Gasteiger partial charge < -0.3 is 10.6 Å². The van der Waals surface area contributed by atoms with Crippen LogP contribution in [0.15, 0.2) is 24.3 Å². The highest BCUT2D eigenvalue weighted by Crippen LogP contribution is 2.28. The van der Waals surface area contributed by atoms with Crippen molar-refractivity contribution in [3.8, 4) is 0 Å². The van der Waals surface area contributed by atoms with Crippen LogP contribution in [-0.2, 0) is 0 Å². The second-order valence-corrected chi connectivity index (χ2v) is 5.72. The van der Waals surface area contributed by atoms with Gasteiger partial charge in [-0.15, -0.1) is 0 Å². The van der Waals surface area contributed by atoms with E-state index in [9.17, 15) is 0 Å². The largest absolute Gasteiger partial charge is 0.374 e. The van der Waals surface area contributed by atoms with Crippen LogP contribution in [0.4, 0.5) is 5.69 Å². The molecule has 2 nitrogen and oxygen atoms in total. The molecule has 0 radical (unpaired) electrons. The minimum absolute atomic E-state index is 0.455. The SMILES string of the molecule is CC(C)c1ccc(N(C)CC2CC(N)C2)cc1. The normalized spacial score (nSPS) is 23.6. The average Bonchev–Trinajstić information content (AvgIpc) is 2.27. The van der Waals surface area contributed by atoms with Crippen molar-refractivity contribution in [2.24, 2.45) is 11.7 Å². The molecule has 0 bridgehead atoms. The monoisotopic (exact) mass is 232 g/mol. The summed E-state index contributed by atoms with van der Waals surface area (Å²) in [5.41, 5.74) is 8.54. The van der Waals surface area contributed by atoms with Crippen LogP contribution in [-0.4, -0.2) is 19.6 Å². The van der Waals surface area contributed by atoms with Crippen LogP contribution in [0.2, 0.25) is 0 Å². The van der Waals surface area contributed by atoms with Crippen molar-refractivity contribution >= 4 is 5.69 Å². The molecule has 1 aromatic carbocycles. The number of benzene rings is 1. The minimum Gasteiger partial charge on any atom is -0.374 e. The topological polar surface area (TPSA) is 29.3 Å². The maximum Gasteiger partial charge on any atom is 0.0363 e. The summed E-state index contributed by atoms with van der Waals surface area (Å²) in [6.45, 7) is 5.59. The van der Waals surface area contributed by atoms with Crippen LogP contribution < -0.4 is 10.6 Å². The van der Waals surface area contributed by atoms with E-state index in [0.29, 0.717) is 12.0 Å². The second kappa shape index (κ2) is 5.09. The van der Waals surface area contributed by atoms with Crippen LogP contribution in [0.3, 0.4) is 0 Å². The number of nitrogens with two attached hydrogens (primary N) is 1. The Balaban J connectivity index is 1.92. The van der Waals surface area contributed by atoms with Crippen molar-refractivity contribution in [2.45, 2.75) is 38.6 Å². The fourth-order valence-corrected chi connectivity index (χ4v) is 2.54. The molecule has 2 rings (SSSR count). The molecule has 0 aromatic heterocycles. The summed E-state index contributed by atoms with van der Waals surface area (Å²) in [5.74, 6) is 1.40. The summed E-state index contributed by atoms with van der Waals surface area (Å²) in [5, 5.41) is 0. The maximum absolute atomic E-state index is 5.82. The summed E-state index contributed by atoms with van der Waals surface area (Å²) < 4.78 is 0. The van der Waals surface area contributed by atoms with Gasteiger partial charge in [0.2, 0.25) is 0 Å². The van der Waals surface area contributed by atoms with Crippen LogP contribution in [0, 0.1) is 5.92 Å². The first-order chi connectivity index (χ1) is 8.06.